The van der Waals surface area contributed by atoms with Crippen LogP contribution >= 0.6 is 0 Å². The van der Waals surface area contributed by atoms with Crippen molar-refractivity contribution >= 4 is 10.9 Å². The van der Waals surface area contributed by atoms with Crippen LogP contribution in [-0.2, 0) is 6.54 Å². The summed E-state index contributed by atoms with van der Waals surface area (Å²) in [5.74, 6) is 0.588. The summed E-state index contributed by atoms with van der Waals surface area (Å²) < 4.78 is 2.37. The Kier molecular flexibility index (Phi) is 3.76. The van der Waals surface area contributed by atoms with Crippen molar-refractivity contribution in [3.8, 4) is 0 Å². The number of likely N-dealkylation sites (N-methyl/N-ethyl adjacent to an activating group) is 1. The van der Waals surface area contributed by atoms with E-state index < -0.39 is 0 Å². The average molecular weight is 244 g/mol. The predicted molar refractivity (Wildman–Crippen MR) is 79.3 cm³/mol. The molecule has 0 fully saturated rings. The fraction of sp³-hybridized carbons (Fsp3) is 0.500. The molecule has 0 N–H and O–H groups in total. The molecule has 0 saturated carbocycles. The molecule has 0 amide bonds. The highest BCUT2D eigenvalue weighted by atomic mass is 15.1. The highest BCUT2D eigenvalue weighted by molar-refractivity contribution is 5.84. The molecule has 0 spiro atoms. The van der Waals surface area contributed by atoms with Crippen molar-refractivity contribution in [3.05, 3.63) is 35.5 Å². The number of aryl methyl sites for hydroxylation is 1. The van der Waals surface area contributed by atoms with Crippen LogP contribution in [0.5, 0.6) is 0 Å². The lowest BCUT2D eigenvalue weighted by atomic mass is 9.99. The van der Waals surface area contributed by atoms with E-state index in [2.05, 4.69) is 68.7 Å². The first-order chi connectivity index (χ1) is 8.49. The maximum absolute atomic E-state index is 2.37. The molecule has 0 saturated heterocycles. The molecule has 0 bridgehead atoms. The van der Waals surface area contributed by atoms with Crippen LogP contribution in [0.2, 0.25) is 0 Å². The van der Waals surface area contributed by atoms with Gasteiger partial charge in [0, 0.05) is 30.2 Å². The fourth-order valence-corrected chi connectivity index (χ4v) is 2.34. The van der Waals surface area contributed by atoms with Crippen molar-refractivity contribution in [2.24, 2.45) is 0 Å². The molecule has 0 aliphatic heterocycles. The maximum atomic E-state index is 2.37. The molecule has 18 heavy (non-hydrogen) atoms. The third-order valence-corrected chi connectivity index (χ3v) is 3.57. The molecule has 0 radical (unpaired) electrons. The van der Waals surface area contributed by atoms with Gasteiger partial charge in [0.05, 0.1) is 0 Å². The van der Waals surface area contributed by atoms with Gasteiger partial charge in [0.15, 0.2) is 0 Å². The Bertz CT molecular complexity index is 535. The number of fused-ring (bicyclic) bond motifs is 1. The van der Waals surface area contributed by atoms with Crippen LogP contribution in [0.25, 0.3) is 10.9 Å². The van der Waals surface area contributed by atoms with Crippen LogP contribution in [0, 0.1) is 6.92 Å². The van der Waals surface area contributed by atoms with E-state index in [9.17, 15) is 0 Å². The Labute approximate surface area is 110 Å². The van der Waals surface area contributed by atoms with E-state index in [4.69, 9.17) is 0 Å². The standard InChI is InChI=1S/C16H24N2/c1-12(2)14-10-13(3)15-6-7-18(16(15)11-14)9-8-17(4)5/h6-7,10-12H,8-9H2,1-5H3. The van der Waals surface area contributed by atoms with Crippen molar-refractivity contribution in [2.45, 2.75) is 33.2 Å². The first-order valence-corrected chi connectivity index (χ1v) is 6.73. The molecule has 2 nitrogen and oxygen atoms in total. The van der Waals surface area contributed by atoms with Gasteiger partial charge in [-0.25, -0.2) is 0 Å². The first kappa shape index (κ1) is 13.2. The van der Waals surface area contributed by atoms with Crippen molar-refractivity contribution in [2.75, 3.05) is 20.6 Å². The summed E-state index contributed by atoms with van der Waals surface area (Å²) in [6, 6.07) is 6.91. The van der Waals surface area contributed by atoms with Crippen LogP contribution in [-0.4, -0.2) is 30.1 Å². The SMILES string of the molecule is Cc1cc(C(C)C)cc2c1ccn2CCN(C)C. The zero-order valence-electron chi connectivity index (χ0n) is 12.2. The quantitative estimate of drug-likeness (QED) is 0.797. The third-order valence-electron chi connectivity index (χ3n) is 3.57. The minimum atomic E-state index is 0.588. The second kappa shape index (κ2) is 5.15. The zero-order chi connectivity index (χ0) is 13.3. The lowest BCUT2D eigenvalue weighted by molar-refractivity contribution is 0.387. The van der Waals surface area contributed by atoms with Gasteiger partial charge in [-0.3, -0.25) is 0 Å². The summed E-state index contributed by atoms with van der Waals surface area (Å²) >= 11 is 0. The normalized spacial score (nSPS) is 11.9. The van der Waals surface area contributed by atoms with Crippen molar-refractivity contribution in [3.63, 3.8) is 0 Å². The molecule has 0 aliphatic rings. The Balaban J connectivity index is 2.43. The molecule has 1 aromatic carbocycles. The van der Waals surface area contributed by atoms with Gasteiger partial charge in [-0.15, -0.1) is 0 Å². The minimum Gasteiger partial charge on any atom is -0.346 e. The van der Waals surface area contributed by atoms with Gasteiger partial charge >= 0.3 is 0 Å². The van der Waals surface area contributed by atoms with E-state index in [1.807, 2.05) is 0 Å². The van der Waals surface area contributed by atoms with E-state index in [0.29, 0.717) is 5.92 Å². The van der Waals surface area contributed by atoms with Crippen LogP contribution < -0.4 is 0 Å². The number of benzene rings is 1. The molecule has 2 rings (SSSR count). The molecule has 1 aromatic heterocycles. The lowest BCUT2D eigenvalue weighted by Gasteiger charge is -2.13. The topological polar surface area (TPSA) is 8.17 Å². The second-order valence-electron chi connectivity index (χ2n) is 5.74. The van der Waals surface area contributed by atoms with Gasteiger partial charge in [0.25, 0.3) is 0 Å². The van der Waals surface area contributed by atoms with Gasteiger partial charge in [0.2, 0.25) is 0 Å². The Morgan fingerprint density at radius 2 is 1.94 bits per heavy atom. The number of nitrogens with zero attached hydrogens (tertiary/aromatic N) is 2. The van der Waals surface area contributed by atoms with Crippen LogP contribution in [0.4, 0.5) is 0 Å². The van der Waals surface area contributed by atoms with Gasteiger partial charge in [-0.1, -0.05) is 19.9 Å². The Hall–Kier alpha value is -1.28. The zero-order valence-corrected chi connectivity index (χ0v) is 12.2. The molecule has 0 aliphatic carbocycles. The Morgan fingerprint density at radius 3 is 2.56 bits per heavy atom. The monoisotopic (exact) mass is 244 g/mol. The Morgan fingerprint density at radius 1 is 1.22 bits per heavy atom. The van der Waals surface area contributed by atoms with E-state index in [1.54, 1.807) is 0 Å². The third kappa shape index (κ3) is 2.59. The van der Waals surface area contributed by atoms with Crippen LogP contribution in [0.15, 0.2) is 24.4 Å². The van der Waals surface area contributed by atoms with Crippen LogP contribution in [0.3, 0.4) is 0 Å². The summed E-state index contributed by atoms with van der Waals surface area (Å²) in [5.41, 5.74) is 4.20. The molecule has 0 atom stereocenters. The van der Waals surface area contributed by atoms with Gasteiger partial charge in [-0.05, 0) is 50.2 Å². The molecule has 0 unspecified atom stereocenters. The van der Waals surface area contributed by atoms with E-state index >= 15 is 0 Å². The van der Waals surface area contributed by atoms with Gasteiger partial charge < -0.3 is 9.47 Å². The highest BCUT2D eigenvalue weighted by Crippen LogP contribution is 2.25. The first-order valence-electron chi connectivity index (χ1n) is 6.73. The molecule has 2 heteroatoms. The summed E-state index contributed by atoms with van der Waals surface area (Å²) in [6.07, 6.45) is 2.21. The van der Waals surface area contributed by atoms with Gasteiger partial charge in [0.1, 0.15) is 0 Å². The molecular weight excluding hydrogens is 220 g/mol. The molecule has 2 aromatic rings. The number of rotatable bonds is 4. The largest absolute Gasteiger partial charge is 0.346 e. The average Bonchev–Trinajstić information content (AvgIpc) is 2.69. The molecular formula is C16H24N2. The summed E-state index contributed by atoms with van der Waals surface area (Å²) in [5, 5.41) is 1.39. The number of hydrogen-bond acceptors (Lipinski definition) is 1. The molecule has 1 heterocycles. The summed E-state index contributed by atoms with van der Waals surface area (Å²) in [6.45, 7) is 8.86. The predicted octanol–water partition coefficient (Wildman–Crippen LogP) is 3.63. The number of hydrogen-bond donors (Lipinski definition) is 0. The number of aromatic nitrogens is 1. The summed E-state index contributed by atoms with van der Waals surface area (Å²) in [7, 11) is 4.24. The van der Waals surface area contributed by atoms with Crippen molar-refractivity contribution in [1.29, 1.82) is 0 Å². The maximum Gasteiger partial charge on any atom is 0.0486 e. The lowest BCUT2D eigenvalue weighted by Crippen LogP contribution is -2.17. The van der Waals surface area contributed by atoms with Crippen LogP contribution in [0.1, 0.15) is 30.9 Å². The smallest absolute Gasteiger partial charge is 0.0486 e. The van der Waals surface area contributed by atoms with Gasteiger partial charge in [-0.2, -0.15) is 0 Å². The second-order valence-corrected chi connectivity index (χ2v) is 5.74. The fourth-order valence-electron chi connectivity index (χ4n) is 2.34. The van der Waals surface area contributed by atoms with E-state index in [-0.39, 0.29) is 0 Å². The van der Waals surface area contributed by atoms with Crippen molar-refractivity contribution < 1.29 is 0 Å². The van der Waals surface area contributed by atoms with E-state index in [1.165, 1.54) is 22.0 Å². The minimum absolute atomic E-state index is 0.588. The highest BCUT2D eigenvalue weighted by Gasteiger charge is 2.08. The van der Waals surface area contributed by atoms with E-state index in [0.717, 1.165) is 13.1 Å². The summed E-state index contributed by atoms with van der Waals surface area (Å²) in [4.78, 5) is 2.23. The van der Waals surface area contributed by atoms with Crippen molar-refractivity contribution in [1.82, 2.24) is 9.47 Å². The molecule has 98 valence electrons.